The van der Waals surface area contributed by atoms with Crippen molar-refractivity contribution in [2.45, 2.75) is 25.4 Å². The summed E-state index contributed by atoms with van der Waals surface area (Å²) in [4.78, 5) is 0. The van der Waals surface area contributed by atoms with Gasteiger partial charge in [-0.25, -0.2) is 8.78 Å². The number of halogens is 2. The minimum atomic E-state index is -0.918. The molecule has 1 atom stereocenters. The Morgan fingerprint density at radius 1 is 1.40 bits per heavy atom. The molecule has 1 aromatic rings. The van der Waals surface area contributed by atoms with Gasteiger partial charge in [-0.15, -0.1) is 12.3 Å². The molecule has 0 aliphatic rings. The Labute approximate surface area is 87.7 Å². The molecular formula is C12H12F2O. The maximum Gasteiger partial charge on any atom is 0.131 e. The van der Waals surface area contributed by atoms with E-state index in [9.17, 15) is 13.9 Å². The summed E-state index contributed by atoms with van der Waals surface area (Å²) in [7, 11) is 0. The minimum Gasteiger partial charge on any atom is -0.388 e. The fraction of sp³-hybridized carbons (Fsp3) is 0.333. The van der Waals surface area contributed by atoms with Gasteiger partial charge in [0.15, 0.2) is 0 Å². The van der Waals surface area contributed by atoms with E-state index in [0.717, 1.165) is 12.1 Å². The Kier molecular flexibility index (Phi) is 4.26. The van der Waals surface area contributed by atoms with Crippen LogP contribution in [-0.2, 0) is 0 Å². The van der Waals surface area contributed by atoms with Crippen LogP contribution in [0.3, 0.4) is 0 Å². The summed E-state index contributed by atoms with van der Waals surface area (Å²) in [6.45, 7) is 0. The van der Waals surface area contributed by atoms with E-state index in [1.54, 1.807) is 0 Å². The molecule has 1 aromatic carbocycles. The van der Waals surface area contributed by atoms with E-state index in [2.05, 4.69) is 5.92 Å². The molecule has 0 radical (unpaired) electrons. The molecule has 0 bridgehead atoms. The third-order valence-electron chi connectivity index (χ3n) is 2.12. The Hall–Kier alpha value is -1.40. The molecule has 1 rings (SSSR count). The zero-order chi connectivity index (χ0) is 11.3. The van der Waals surface area contributed by atoms with E-state index in [4.69, 9.17) is 6.42 Å². The predicted molar refractivity (Wildman–Crippen MR) is 54.0 cm³/mol. The summed E-state index contributed by atoms with van der Waals surface area (Å²) in [5, 5.41) is 9.59. The molecule has 0 aliphatic carbocycles. The third kappa shape index (κ3) is 3.34. The lowest BCUT2D eigenvalue weighted by molar-refractivity contribution is 0.160. The molecule has 1 nitrogen and oxygen atoms in total. The number of aliphatic hydroxyl groups excluding tert-OH is 1. The molecule has 3 heteroatoms. The van der Waals surface area contributed by atoms with Gasteiger partial charge in [-0.3, -0.25) is 0 Å². The molecule has 0 aromatic heterocycles. The second kappa shape index (κ2) is 5.47. The van der Waals surface area contributed by atoms with Gasteiger partial charge in [-0.1, -0.05) is 6.07 Å². The van der Waals surface area contributed by atoms with Crippen molar-refractivity contribution in [1.29, 1.82) is 0 Å². The van der Waals surface area contributed by atoms with E-state index in [1.807, 2.05) is 0 Å². The quantitative estimate of drug-likeness (QED) is 0.598. The smallest absolute Gasteiger partial charge is 0.131 e. The normalized spacial score (nSPS) is 12.1. The second-order valence-electron chi connectivity index (χ2n) is 3.28. The average Bonchev–Trinajstić information content (AvgIpc) is 2.17. The van der Waals surface area contributed by atoms with Crippen molar-refractivity contribution in [2.24, 2.45) is 0 Å². The highest BCUT2D eigenvalue weighted by Gasteiger charge is 2.12. The third-order valence-corrected chi connectivity index (χ3v) is 2.12. The average molecular weight is 210 g/mol. The summed E-state index contributed by atoms with van der Waals surface area (Å²) in [5.41, 5.74) is 0.119. The van der Waals surface area contributed by atoms with Gasteiger partial charge in [0.05, 0.1) is 6.10 Å². The lowest BCUT2D eigenvalue weighted by Gasteiger charge is -2.10. The molecule has 0 heterocycles. The van der Waals surface area contributed by atoms with Gasteiger partial charge < -0.3 is 5.11 Å². The van der Waals surface area contributed by atoms with E-state index >= 15 is 0 Å². The molecule has 0 saturated carbocycles. The number of aliphatic hydroxyl groups is 1. The van der Waals surface area contributed by atoms with E-state index < -0.39 is 17.7 Å². The van der Waals surface area contributed by atoms with Crippen LogP contribution in [0.1, 0.15) is 30.9 Å². The molecular weight excluding hydrogens is 198 g/mol. The van der Waals surface area contributed by atoms with Crippen LogP contribution in [0.25, 0.3) is 0 Å². The minimum absolute atomic E-state index is 0.119. The summed E-state index contributed by atoms with van der Waals surface area (Å²) >= 11 is 0. The monoisotopic (exact) mass is 210 g/mol. The Bertz CT molecular complexity index is 368. The number of hydrogen-bond donors (Lipinski definition) is 1. The lowest BCUT2D eigenvalue weighted by Crippen LogP contribution is -2.01. The van der Waals surface area contributed by atoms with Gasteiger partial charge >= 0.3 is 0 Å². The van der Waals surface area contributed by atoms with Crippen molar-refractivity contribution < 1.29 is 13.9 Å². The first kappa shape index (κ1) is 11.7. The van der Waals surface area contributed by atoms with Crippen molar-refractivity contribution in [1.82, 2.24) is 0 Å². The summed E-state index contributed by atoms with van der Waals surface area (Å²) in [6.07, 6.45) is 5.67. The number of benzene rings is 1. The summed E-state index contributed by atoms with van der Waals surface area (Å²) < 4.78 is 25.7. The topological polar surface area (TPSA) is 20.2 Å². The second-order valence-corrected chi connectivity index (χ2v) is 3.28. The van der Waals surface area contributed by atoms with E-state index in [-0.39, 0.29) is 5.56 Å². The van der Waals surface area contributed by atoms with Crippen LogP contribution in [-0.4, -0.2) is 5.11 Å². The van der Waals surface area contributed by atoms with Crippen molar-refractivity contribution >= 4 is 0 Å². The fourth-order valence-corrected chi connectivity index (χ4v) is 1.32. The van der Waals surface area contributed by atoms with Crippen LogP contribution in [0.2, 0.25) is 0 Å². The van der Waals surface area contributed by atoms with Gasteiger partial charge in [0, 0.05) is 18.1 Å². The van der Waals surface area contributed by atoms with Gasteiger partial charge in [-0.05, 0) is 18.9 Å². The maximum atomic E-state index is 13.2. The number of rotatable bonds is 4. The van der Waals surface area contributed by atoms with E-state index in [1.165, 1.54) is 6.07 Å². The van der Waals surface area contributed by atoms with Crippen molar-refractivity contribution in [3.63, 3.8) is 0 Å². The molecule has 1 unspecified atom stereocenters. The van der Waals surface area contributed by atoms with Crippen LogP contribution in [0.4, 0.5) is 8.78 Å². The fourth-order valence-electron chi connectivity index (χ4n) is 1.32. The van der Waals surface area contributed by atoms with Crippen molar-refractivity contribution in [2.75, 3.05) is 0 Å². The summed E-state index contributed by atoms with van der Waals surface area (Å²) in [5.74, 6) is 1.07. The lowest BCUT2D eigenvalue weighted by atomic mass is 10.0. The molecule has 0 fully saturated rings. The first-order valence-electron chi connectivity index (χ1n) is 4.71. The molecule has 0 aliphatic heterocycles. The van der Waals surface area contributed by atoms with Crippen molar-refractivity contribution in [3.8, 4) is 12.3 Å². The molecule has 15 heavy (non-hydrogen) atoms. The number of unbranched alkanes of at least 4 members (excludes halogenated alkanes) is 1. The Morgan fingerprint density at radius 3 is 2.73 bits per heavy atom. The van der Waals surface area contributed by atoms with Gasteiger partial charge in [0.25, 0.3) is 0 Å². The first-order chi connectivity index (χ1) is 7.15. The first-order valence-corrected chi connectivity index (χ1v) is 4.71. The molecule has 0 spiro atoms. The highest BCUT2D eigenvalue weighted by atomic mass is 19.1. The zero-order valence-corrected chi connectivity index (χ0v) is 8.21. The Balaban J connectivity index is 2.66. The standard InChI is InChI=1S/C12H12F2O/c1-2-3-4-5-12(15)10-7-6-9(13)8-11(10)14/h1,6-8,12,15H,3-5H2. The molecule has 0 saturated heterocycles. The summed E-state index contributed by atoms with van der Waals surface area (Å²) in [6, 6.07) is 3.15. The maximum absolute atomic E-state index is 13.2. The predicted octanol–water partition coefficient (Wildman–Crippen LogP) is 2.80. The number of terminal acetylenes is 1. The van der Waals surface area contributed by atoms with Crippen molar-refractivity contribution in [3.05, 3.63) is 35.4 Å². The largest absolute Gasteiger partial charge is 0.388 e. The van der Waals surface area contributed by atoms with Crippen LogP contribution < -0.4 is 0 Å². The highest BCUT2D eigenvalue weighted by Crippen LogP contribution is 2.22. The zero-order valence-electron chi connectivity index (χ0n) is 8.21. The highest BCUT2D eigenvalue weighted by molar-refractivity contribution is 5.20. The number of hydrogen-bond acceptors (Lipinski definition) is 1. The molecule has 1 N–H and O–H groups in total. The van der Waals surface area contributed by atoms with Crippen LogP contribution in [0, 0.1) is 24.0 Å². The SMILES string of the molecule is C#CCCCC(O)c1ccc(F)cc1F. The molecule has 0 amide bonds. The van der Waals surface area contributed by atoms with Crippen LogP contribution in [0.15, 0.2) is 18.2 Å². The van der Waals surface area contributed by atoms with Gasteiger partial charge in [0.2, 0.25) is 0 Å². The van der Waals surface area contributed by atoms with Crippen LogP contribution in [0.5, 0.6) is 0 Å². The van der Waals surface area contributed by atoms with Gasteiger partial charge in [-0.2, -0.15) is 0 Å². The van der Waals surface area contributed by atoms with E-state index in [0.29, 0.717) is 19.3 Å². The van der Waals surface area contributed by atoms with Crippen LogP contribution >= 0.6 is 0 Å². The Morgan fingerprint density at radius 2 is 2.13 bits per heavy atom. The van der Waals surface area contributed by atoms with Gasteiger partial charge in [0.1, 0.15) is 11.6 Å². The molecule has 80 valence electrons.